The van der Waals surface area contributed by atoms with Crippen LogP contribution in [-0.2, 0) is 0 Å². The molecule has 0 aliphatic rings. The van der Waals surface area contributed by atoms with Crippen LogP contribution in [0.1, 0.15) is 0 Å². The van der Waals surface area contributed by atoms with E-state index in [1.165, 1.54) is 10.8 Å². The van der Waals surface area contributed by atoms with E-state index in [0.29, 0.717) is 17.5 Å². The second kappa shape index (κ2) is 10.5. The second-order valence-electron chi connectivity index (χ2n) is 12.0. The fourth-order valence-corrected chi connectivity index (χ4v) is 7.11. The van der Waals surface area contributed by atoms with Crippen LogP contribution in [0.2, 0.25) is 0 Å². The van der Waals surface area contributed by atoms with Crippen molar-refractivity contribution in [3.63, 3.8) is 0 Å². The molecule has 0 aliphatic carbocycles. The largest absolute Gasteiger partial charge is 0.455 e. The predicted molar refractivity (Wildman–Crippen MR) is 195 cm³/mol. The monoisotopic (exact) mass is 614 g/mol. The van der Waals surface area contributed by atoms with E-state index < -0.39 is 0 Å². The van der Waals surface area contributed by atoms with Crippen molar-refractivity contribution in [3.8, 4) is 39.9 Å². The van der Waals surface area contributed by atoms with E-state index in [1.54, 1.807) is 0 Å². The van der Waals surface area contributed by atoms with Gasteiger partial charge in [-0.3, -0.25) is 0 Å². The molecule has 0 saturated carbocycles. The van der Waals surface area contributed by atoms with Gasteiger partial charge in [0, 0.05) is 38.2 Å². The van der Waals surface area contributed by atoms with Gasteiger partial charge in [0.15, 0.2) is 17.5 Å². The number of rotatable bonds is 4. The minimum absolute atomic E-state index is 0.595. The Morgan fingerprint density at radius 2 is 0.979 bits per heavy atom. The first-order valence-corrected chi connectivity index (χ1v) is 16.0. The van der Waals surface area contributed by atoms with Crippen LogP contribution in [0.4, 0.5) is 0 Å². The van der Waals surface area contributed by atoms with Gasteiger partial charge in [-0.2, -0.15) is 0 Å². The van der Waals surface area contributed by atoms with Gasteiger partial charge in [0.2, 0.25) is 0 Å². The summed E-state index contributed by atoms with van der Waals surface area (Å²) in [4.78, 5) is 15.2. The van der Waals surface area contributed by atoms with E-state index in [-0.39, 0.29) is 0 Å². The number of benzene rings is 7. The van der Waals surface area contributed by atoms with Crippen LogP contribution in [-0.4, -0.2) is 19.5 Å². The topological polar surface area (TPSA) is 56.7 Å². The summed E-state index contributed by atoms with van der Waals surface area (Å²) in [6.07, 6.45) is 0. The molecule has 0 fully saturated rings. The number of aromatic nitrogens is 4. The molecule has 5 nitrogen and oxygen atoms in total. The van der Waals surface area contributed by atoms with E-state index >= 15 is 0 Å². The van der Waals surface area contributed by atoms with Crippen molar-refractivity contribution in [2.45, 2.75) is 0 Å². The predicted octanol–water partition coefficient (Wildman–Crippen LogP) is 11.0. The molecule has 48 heavy (non-hydrogen) atoms. The highest BCUT2D eigenvalue weighted by Crippen LogP contribution is 2.44. The van der Waals surface area contributed by atoms with Crippen molar-refractivity contribution >= 4 is 54.5 Å². The van der Waals surface area contributed by atoms with Gasteiger partial charge in [-0.1, -0.05) is 133 Å². The van der Waals surface area contributed by atoms with Gasteiger partial charge in [0.25, 0.3) is 0 Å². The molecule has 224 valence electrons. The van der Waals surface area contributed by atoms with Crippen LogP contribution in [0, 0.1) is 0 Å². The van der Waals surface area contributed by atoms with E-state index in [2.05, 4.69) is 89.5 Å². The summed E-state index contributed by atoms with van der Waals surface area (Å²) in [5.41, 5.74) is 7.70. The Bertz CT molecular complexity index is 2720. The molecule has 3 aromatic heterocycles. The zero-order chi connectivity index (χ0) is 31.6. The molecule has 0 aliphatic heterocycles. The van der Waals surface area contributed by atoms with Crippen molar-refractivity contribution in [2.24, 2.45) is 0 Å². The molecule has 10 aromatic rings. The summed E-state index contributed by atoms with van der Waals surface area (Å²) in [5.74, 6) is 1.84. The first kappa shape index (κ1) is 26.6. The molecule has 0 atom stereocenters. The van der Waals surface area contributed by atoms with Crippen molar-refractivity contribution in [1.29, 1.82) is 0 Å². The molecule has 10 rings (SSSR count). The Morgan fingerprint density at radius 1 is 0.438 bits per heavy atom. The highest BCUT2D eigenvalue weighted by Gasteiger charge is 2.23. The molecule has 5 heteroatoms. The molecule has 0 N–H and O–H groups in total. The third-order valence-electron chi connectivity index (χ3n) is 9.23. The Morgan fingerprint density at radius 3 is 1.62 bits per heavy atom. The number of hydrogen-bond acceptors (Lipinski definition) is 4. The van der Waals surface area contributed by atoms with Gasteiger partial charge in [-0.05, 0) is 29.7 Å². The standard InChI is InChI=1S/C43H26N4O/c1-3-14-27(15-4-1)41-44-42(28-16-5-2-6-17-28)46-43(45-41)33-22-13-25-37-38(33)39-36(26-29-18-7-8-19-30(29)40(39)48-37)47-34-23-11-9-20-31(34)32-21-10-12-24-35(32)47/h1-26H. The maximum atomic E-state index is 6.84. The first-order chi connectivity index (χ1) is 23.8. The van der Waals surface area contributed by atoms with Crippen molar-refractivity contribution in [3.05, 3.63) is 158 Å². The molecule has 7 aromatic carbocycles. The Hall–Kier alpha value is -6.59. The summed E-state index contributed by atoms with van der Waals surface area (Å²) in [5, 5.41) is 6.58. The molecular weight excluding hydrogens is 589 g/mol. The highest BCUT2D eigenvalue weighted by molar-refractivity contribution is 6.23. The average molecular weight is 615 g/mol. The maximum absolute atomic E-state index is 6.84. The summed E-state index contributed by atoms with van der Waals surface area (Å²) in [6.45, 7) is 0. The van der Waals surface area contributed by atoms with Gasteiger partial charge in [0.05, 0.1) is 22.1 Å². The Labute approximate surface area is 275 Å². The van der Waals surface area contributed by atoms with E-state index in [9.17, 15) is 0 Å². The summed E-state index contributed by atoms with van der Waals surface area (Å²) in [6, 6.07) is 54.3. The zero-order valence-electron chi connectivity index (χ0n) is 25.7. The quantitative estimate of drug-likeness (QED) is 0.198. The summed E-state index contributed by atoms with van der Waals surface area (Å²) >= 11 is 0. The van der Waals surface area contributed by atoms with Crippen LogP contribution in [0.15, 0.2) is 162 Å². The van der Waals surface area contributed by atoms with E-state index in [4.69, 9.17) is 19.4 Å². The minimum atomic E-state index is 0.595. The van der Waals surface area contributed by atoms with Crippen molar-refractivity contribution in [1.82, 2.24) is 19.5 Å². The summed E-state index contributed by atoms with van der Waals surface area (Å²) < 4.78 is 9.21. The lowest BCUT2D eigenvalue weighted by Gasteiger charge is -2.13. The molecule has 0 bridgehead atoms. The smallest absolute Gasteiger partial charge is 0.164 e. The van der Waals surface area contributed by atoms with Crippen molar-refractivity contribution < 1.29 is 4.42 Å². The third kappa shape index (κ3) is 4.01. The van der Waals surface area contributed by atoms with Crippen LogP contribution in [0.3, 0.4) is 0 Å². The fourth-order valence-electron chi connectivity index (χ4n) is 7.11. The lowest BCUT2D eigenvalue weighted by Crippen LogP contribution is -2.00. The molecule has 0 unspecified atom stereocenters. The Balaban J connectivity index is 1.35. The van der Waals surface area contributed by atoms with Crippen LogP contribution >= 0.6 is 0 Å². The zero-order valence-corrected chi connectivity index (χ0v) is 25.7. The van der Waals surface area contributed by atoms with Gasteiger partial charge in [-0.25, -0.2) is 15.0 Å². The Kier molecular flexibility index (Phi) is 5.81. The van der Waals surface area contributed by atoms with Crippen LogP contribution < -0.4 is 0 Å². The van der Waals surface area contributed by atoms with Crippen LogP contribution in [0.5, 0.6) is 0 Å². The van der Waals surface area contributed by atoms with Crippen molar-refractivity contribution in [2.75, 3.05) is 0 Å². The SMILES string of the molecule is c1ccc(-c2nc(-c3ccccc3)nc(-c3cccc4oc5c6ccccc6cc(-n6c7ccccc7c7ccccc76)c5c34)n2)cc1. The molecule has 0 saturated heterocycles. The number of para-hydroxylation sites is 2. The third-order valence-corrected chi connectivity index (χ3v) is 9.23. The first-order valence-electron chi connectivity index (χ1n) is 16.0. The van der Waals surface area contributed by atoms with E-state index in [0.717, 1.165) is 66.1 Å². The normalized spacial score (nSPS) is 11.8. The van der Waals surface area contributed by atoms with Crippen LogP contribution in [0.25, 0.3) is 94.4 Å². The second-order valence-corrected chi connectivity index (χ2v) is 12.0. The van der Waals surface area contributed by atoms with E-state index in [1.807, 2.05) is 72.8 Å². The molecule has 0 amide bonds. The maximum Gasteiger partial charge on any atom is 0.164 e. The lowest BCUT2D eigenvalue weighted by atomic mass is 10.00. The highest BCUT2D eigenvalue weighted by atomic mass is 16.3. The van der Waals surface area contributed by atoms with Gasteiger partial charge >= 0.3 is 0 Å². The lowest BCUT2D eigenvalue weighted by molar-refractivity contribution is 0.672. The number of fused-ring (bicyclic) bond motifs is 8. The molecule has 0 radical (unpaired) electrons. The molecular formula is C43H26N4O. The number of nitrogens with zero attached hydrogens (tertiary/aromatic N) is 4. The summed E-state index contributed by atoms with van der Waals surface area (Å²) in [7, 11) is 0. The van der Waals surface area contributed by atoms with Gasteiger partial charge in [-0.15, -0.1) is 0 Å². The number of furan rings is 1. The fraction of sp³-hybridized carbons (Fsp3) is 0. The molecule has 3 heterocycles. The average Bonchev–Trinajstić information content (AvgIpc) is 3.72. The van der Waals surface area contributed by atoms with Gasteiger partial charge < -0.3 is 8.98 Å². The number of hydrogen-bond donors (Lipinski definition) is 0. The van der Waals surface area contributed by atoms with Gasteiger partial charge in [0.1, 0.15) is 11.2 Å². The minimum Gasteiger partial charge on any atom is -0.455 e. The molecule has 0 spiro atoms.